The SMILES string of the molecule is Cc1nocc1S(=O)(=O)N1CCC=C(c2cnn(C)c2)C1. The van der Waals surface area contributed by atoms with Crippen LogP contribution < -0.4 is 0 Å². The van der Waals surface area contributed by atoms with Crippen LogP contribution >= 0.6 is 0 Å². The average molecular weight is 308 g/mol. The van der Waals surface area contributed by atoms with E-state index in [-0.39, 0.29) is 4.90 Å². The van der Waals surface area contributed by atoms with Gasteiger partial charge in [-0.2, -0.15) is 9.40 Å². The van der Waals surface area contributed by atoms with Gasteiger partial charge in [-0.25, -0.2) is 8.42 Å². The van der Waals surface area contributed by atoms with Gasteiger partial charge in [-0.15, -0.1) is 0 Å². The zero-order chi connectivity index (χ0) is 15.0. The summed E-state index contributed by atoms with van der Waals surface area (Å²) >= 11 is 0. The third kappa shape index (κ3) is 2.52. The van der Waals surface area contributed by atoms with Gasteiger partial charge in [0.25, 0.3) is 0 Å². The van der Waals surface area contributed by atoms with E-state index in [1.54, 1.807) is 17.8 Å². The lowest BCUT2D eigenvalue weighted by atomic mass is 10.1. The minimum absolute atomic E-state index is 0.134. The van der Waals surface area contributed by atoms with Crippen molar-refractivity contribution >= 4 is 15.6 Å². The number of rotatable bonds is 3. The van der Waals surface area contributed by atoms with Crippen LogP contribution in [0.25, 0.3) is 5.57 Å². The highest BCUT2D eigenvalue weighted by Crippen LogP contribution is 2.26. The molecule has 0 bridgehead atoms. The molecule has 0 spiro atoms. The second-order valence-corrected chi connectivity index (χ2v) is 6.93. The molecule has 1 aliphatic rings. The molecule has 0 saturated carbocycles. The summed E-state index contributed by atoms with van der Waals surface area (Å²) in [4.78, 5) is 0.134. The Labute approximate surface area is 122 Å². The topological polar surface area (TPSA) is 81.2 Å². The minimum atomic E-state index is -3.57. The molecule has 2 aromatic rings. The van der Waals surface area contributed by atoms with Crippen LogP contribution in [0.1, 0.15) is 17.7 Å². The van der Waals surface area contributed by atoms with Gasteiger partial charge in [0.15, 0.2) is 0 Å². The maximum Gasteiger partial charge on any atom is 0.248 e. The Bertz CT molecular complexity index is 788. The molecule has 3 heterocycles. The van der Waals surface area contributed by atoms with Crippen LogP contribution in [0, 0.1) is 6.92 Å². The van der Waals surface area contributed by atoms with Crippen molar-refractivity contribution in [3.63, 3.8) is 0 Å². The molecule has 0 fully saturated rings. The monoisotopic (exact) mass is 308 g/mol. The highest BCUT2D eigenvalue weighted by molar-refractivity contribution is 7.89. The summed E-state index contributed by atoms with van der Waals surface area (Å²) in [7, 11) is -1.74. The first kappa shape index (κ1) is 14.0. The Hall–Kier alpha value is -1.93. The summed E-state index contributed by atoms with van der Waals surface area (Å²) in [5.41, 5.74) is 2.29. The van der Waals surface area contributed by atoms with Gasteiger partial charge in [0.2, 0.25) is 10.0 Å². The maximum absolute atomic E-state index is 12.6. The molecule has 2 aromatic heterocycles. The molecule has 7 nitrogen and oxygen atoms in total. The van der Waals surface area contributed by atoms with Crippen LogP contribution in [0.15, 0.2) is 34.2 Å². The molecule has 8 heteroatoms. The molecular formula is C13H16N4O3S. The molecule has 0 radical (unpaired) electrons. The standard InChI is InChI=1S/C13H16N4O3S/c1-10-13(9-20-15-10)21(18,19)17-5-3-4-11(8-17)12-6-14-16(2)7-12/h4,6-7,9H,3,5,8H2,1-2H3. The Morgan fingerprint density at radius 1 is 1.38 bits per heavy atom. The van der Waals surface area contributed by atoms with Crippen molar-refractivity contribution < 1.29 is 12.9 Å². The molecule has 1 aliphatic heterocycles. The molecule has 3 rings (SSSR count). The third-order valence-electron chi connectivity index (χ3n) is 3.52. The molecule has 21 heavy (non-hydrogen) atoms. The van der Waals surface area contributed by atoms with Gasteiger partial charge >= 0.3 is 0 Å². The summed E-state index contributed by atoms with van der Waals surface area (Å²) in [6.07, 6.45) is 7.54. The van der Waals surface area contributed by atoms with Gasteiger partial charge in [-0.05, 0) is 18.9 Å². The molecule has 0 saturated heterocycles. The van der Waals surface area contributed by atoms with Gasteiger partial charge in [0, 0.05) is 31.9 Å². The second-order valence-electron chi connectivity index (χ2n) is 5.02. The summed E-state index contributed by atoms with van der Waals surface area (Å²) in [6.45, 7) is 2.41. The van der Waals surface area contributed by atoms with E-state index in [9.17, 15) is 8.42 Å². The smallest absolute Gasteiger partial charge is 0.248 e. The second kappa shape index (κ2) is 5.12. The van der Waals surface area contributed by atoms with E-state index in [4.69, 9.17) is 4.52 Å². The fraction of sp³-hybridized carbons (Fsp3) is 0.385. The van der Waals surface area contributed by atoms with Crippen molar-refractivity contribution in [1.29, 1.82) is 0 Å². The van der Waals surface area contributed by atoms with E-state index in [0.717, 1.165) is 11.1 Å². The number of aryl methyl sites for hydroxylation is 2. The Morgan fingerprint density at radius 3 is 2.81 bits per heavy atom. The first-order chi connectivity index (χ1) is 9.98. The van der Waals surface area contributed by atoms with Crippen LogP contribution in [0.3, 0.4) is 0 Å². The summed E-state index contributed by atoms with van der Waals surface area (Å²) in [6, 6.07) is 0. The van der Waals surface area contributed by atoms with Crippen molar-refractivity contribution in [2.75, 3.05) is 13.1 Å². The maximum atomic E-state index is 12.6. The predicted molar refractivity (Wildman–Crippen MR) is 75.8 cm³/mol. The average Bonchev–Trinajstić information content (AvgIpc) is 3.08. The molecule has 0 N–H and O–H groups in total. The van der Waals surface area contributed by atoms with Gasteiger partial charge in [-0.3, -0.25) is 4.68 Å². The fourth-order valence-electron chi connectivity index (χ4n) is 2.39. The van der Waals surface area contributed by atoms with E-state index >= 15 is 0 Å². The van der Waals surface area contributed by atoms with E-state index in [1.807, 2.05) is 13.2 Å². The Morgan fingerprint density at radius 2 is 2.19 bits per heavy atom. The summed E-state index contributed by atoms with van der Waals surface area (Å²) in [5.74, 6) is 0. The van der Waals surface area contributed by atoms with Crippen LogP contribution in [-0.4, -0.2) is 40.7 Å². The molecule has 0 aliphatic carbocycles. The number of nitrogens with zero attached hydrogens (tertiary/aromatic N) is 4. The predicted octanol–water partition coefficient (Wildman–Crippen LogP) is 1.19. The number of sulfonamides is 1. The third-order valence-corrected chi connectivity index (χ3v) is 5.45. The minimum Gasteiger partial charge on any atom is -0.363 e. The van der Waals surface area contributed by atoms with Crippen molar-refractivity contribution in [3.8, 4) is 0 Å². The Balaban J connectivity index is 1.89. The Kier molecular flexibility index (Phi) is 3.42. The quantitative estimate of drug-likeness (QED) is 0.851. The van der Waals surface area contributed by atoms with E-state index in [0.29, 0.717) is 25.2 Å². The zero-order valence-electron chi connectivity index (χ0n) is 11.9. The van der Waals surface area contributed by atoms with E-state index in [2.05, 4.69) is 16.3 Å². The van der Waals surface area contributed by atoms with Crippen molar-refractivity contribution in [2.45, 2.75) is 18.2 Å². The van der Waals surface area contributed by atoms with Crippen LogP contribution in [0.5, 0.6) is 0 Å². The fourth-order valence-corrected chi connectivity index (χ4v) is 3.90. The van der Waals surface area contributed by atoms with E-state index < -0.39 is 10.0 Å². The highest BCUT2D eigenvalue weighted by Gasteiger charge is 2.30. The highest BCUT2D eigenvalue weighted by atomic mass is 32.2. The molecule has 0 atom stereocenters. The van der Waals surface area contributed by atoms with Gasteiger partial charge in [0.05, 0.1) is 6.20 Å². The van der Waals surface area contributed by atoms with Crippen LogP contribution in [0.2, 0.25) is 0 Å². The van der Waals surface area contributed by atoms with Crippen LogP contribution in [0.4, 0.5) is 0 Å². The largest absolute Gasteiger partial charge is 0.363 e. The first-order valence-corrected chi connectivity index (χ1v) is 8.01. The lowest BCUT2D eigenvalue weighted by molar-refractivity contribution is 0.411. The van der Waals surface area contributed by atoms with Crippen molar-refractivity contribution in [3.05, 3.63) is 36.0 Å². The first-order valence-electron chi connectivity index (χ1n) is 6.57. The molecule has 0 amide bonds. The normalized spacial score (nSPS) is 17.0. The summed E-state index contributed by atoms with van der Waals surface area (Å²) < 4.78 is 33.2. The lowest BCUT2D eigenvalue weighted by Crippen LogP contribution is -2.35. The number of hydrogen-bond donors (Lipinski definition) is 0. The van der Waals surface area contributed by atoms with Gasteiger partial charge in [0.1, 0.15) is 16.9 Å². The van der Waals surface area contributed by atoms with Gasteiger partial charge < -0.3 is 4.52 Å². The van der Waals surface area contributed by atoms with E-state index in [1.165, 1.54) is 10.6 Å². The van der Waals surface area contributed by atoms with Gasteiger partial charge in [-0.1, -0.05) is 11.2 Å². The van der Waals surface area contributed by atoms with Crippen LogP contribution in [-0.2, 0) is 17.1 Å². The zero-order valence-corrected chi connectivity index (χ0v) is 12.7. The number of hydrogen-bond acceptors (Lipinski definition) is 5. The van der Waals surface area contributed by atoms with Crippen molar-refractivity contribution in [1.82, 2.24) is 19.2 Å². The molecule has 0 aromatic carbocycles. The molecule has 0 unspecified atom stereocenters. The lowest BCUT2D eigenvalue weighted by Gasteiger charge is -2.25. The summed E-state index contributed by atoms with van der Waals surface area (Å²) in [5, 5.41) is 7.78. The van der Waals surface area contributed by atoms with Crippen molar-refractivity contribution in [2.24, 2.45) is 7.05 Å². The molecule has 112 valence electrons. The number of aromatic nitrogens is 3. The molecular weight excluding hydrogens is 292 g/mol.